The van der Waals surface area contributed by atoms with Crippen LogP contribution < -0.4 is 5.32 Å². The van der Waals surface area contributed by atoms with E-state index in [1.165, 1.54) is 0 Å². The van der Waals surface area contributed by atoms with Crippen molar-refractivity contribution in [3.05, 3.63) is 41.2 Å². The molecule has 0 saturated heterocycles. The van der Waals surface area contributed by atoms with E-state index in [-0.39, 0.29) is 5.91 Å². The zero-order valence-corrected chi connectivity index (χ0v) is 13.9. The fraction of sp³-hybridized carbons (Fsp3) is 0.353. The number of imidazole rings is 1. The maximum Gasteiger partial charge on any atom is 0.261 e. The molecule has 0 aliphatic heterocycles. The Bertz CT molecular complexity index is 875. The number of anilines is 1. The Morgan fingerprint density at radius 2 is 2.09 bits per heavy atom. The molecule has 23 heavy (non-hydrogen) atoms. The molecule has 3 rings (SSSR count). The van der Waals surface area contributed by atoms with Crippen LogP contribution in [0.15, 0.2) is 24.4 Å². The molecule has 2 heterocycles. The van der Waals surface area contributed by atoms with Gasteiger partial charge in [-0.1, -0.05) is 13.0 Å². The highest BCUT2D eigenvalue weighted by molar-refractivity contribution is 6.04. The van der Waals surface area contributed by atoms with Crippen LogP contribution in [0.4, 0.5) is 5.95 Å². The van der Waals surface area contributed by atoms with Gasteiger partial charge in [0.2, 0.25) is 5.95 Å². The Morgan fingerprint density at radius 1 is 1.30 bits per heavy atom. The van der Waals surface area contributed by atoms with Crippen molar-refractivity contribution in [2.75, 3.05) is 5.32 Å². The van der Waals surface area contributed by atoms with Crippen molar-refractivity contribution in [2.45, 2.75) is 33.7 Å². The Hall–Kier alpha value is -2.63. The maximum atomic E-state index is 12.6. The summed E-state index contributed by atoms with van der Waals surface area (Å²) in [5.74, 6) is 0.403. The van der Waals surface area contributed by atoms with Gasteiger partial charge in [0.15, 0.2) is 0 Å². The van der Waals surface area contributed by atoms with Crippen LogP contribution in [0.25, 0.3) is 11.0 Å². The van der Waals surface area contributed by atoms with E-state index < -0.39 is 0 Å². The molecule has 0 unspecified atom stereocenters. The highest BCUT2D eigenvalue weighted by atomic mass is 16.1. The summed E-state index contributed by atoms with van der Waals surface area (Å²) in [5, 5.41) is 7.25. The summed E-state index contributed by atoms with van der Waals surface area (Å²) in [6.45, 7) is 6.80. The van der Waals surface area contributed by atoms with Gasteiger partial charge in [-0.3, -0.25) is 14.8 Å². The van der Waals surface area contributed by atoms with Crippen LogP contribution in [0.2, 0.25) is 0 Å². The van der Waals surface area contributed by atoms with Crippen molar-refractivity contribution in [3.8, 4) is 0 Å². The molecular weight excluding hydrogens is 290 g/mol. The van der Waals surface area contributed by atoms with E-state index in [2.05, 4.69) is 21.5 Å². The van der Waals surface area contributed by atoms with Crippen LogP contribution >= 0.6 is 0 Å². The molecule has 3 aromatic rings. The average molecular weight is 311 g/mol. The van der Waals surface area contributed by atoms with Gasteiger partial charge in [0.25, 0.3) is 5.91 Å². The first kappa shape index (κ1) is 15.3. The van der Waals surface area contributed by atoms with Gasteiger partial charge in [-0.2, -0.15) is 5.10 Å². The number of hydrogen-bond donors (Lipinski definition) is 1. The number of hydrogen-bond acceptors (Lipinski definition) is 3. The van der Waals surface area contributed by atoms with Crippen molar-refractivity contribution in [1.29, 1.82) is 0 Å². The zero-order chi connectivity index (χ0) is 16.6. The van der Waals surface area contributed by atoms with E-state index in [1.807, 2.05) is 44.5 Å². The molecule has 6 heteroatoms. The lowest BCUT2D eigenvalue weighted by Crippen LogP contribution is -2.16. The third-order valence-corrected chi connectivity index (χ3v) is 3.93. The minimum absolute atomic E-state index is 0.170. The average Bonchev–Trinajstić information content (AvgIpc) is 3.06. The second-order valence-corrected chi connectivity index (χ2v) is 5.64. The molecule has 0 radical (unpaired) electrons. The SMILES string of the molecule is CCc1nn(C)cc1C(=O)Nc1nc2cc(C)ccc2n1CC. The Labute approximate surface area is 135 Å². The largest absolute Gasteiger partial charge is 0.310 e. The summed E-state index contributed by atoms with van der Waals surface area (Å²) >= 11 is 0. The van der Waals surface area contributed by atoms with E-state index >= 15 is 0 Å². The third kappa shape index (κ3) is 2.72. The highest BCUT2D eigenvalue weighted by Crippen LogP contribution is 2.21. The first-order valence-electron chi connectivity index (χ1n) is 7.84. The Morgan fingerprint density at radius 3 is 2.78 bits per heavy atom. The fourth-order valence-corrected chi connectivity index (χ4v) is 2.81. The van der Waals surface area contributed by atoms with Crippen LogP contribution in [0.1, 0.15) is 35.5 Å². The number of aromatic nitrogens is 4. The maximum absolute atomic E-state index is 12.6. The predicted octanol–water partition coefficient (Wildman–Crippen LogP) is 2.91. The van der Waals surface area contributed by atoms with Crippen LogP contribution in [0.3, 0.4) is 0 Å². The third-order valence-electron chi connectivity index (χ3n) is 3.93. The molecule has 1 N–H and O–H groups in total. The number of carbonyl (C=O) groups is 1. The monoisotopic (exact) mass is 311 g/mol. The fourth-order valence-electron chi connectivity index (χ4n) is 2.81. The van der Waals surface area contributed by atoms with Gasteiger partial charge < -0.3 is 4.57 Å². The lowest BCUT2D eigenvalue weighted by molar-refractivity contribution is 0.102. The summed E-state index contributed by atoms with van der Waals surface area (Å²) in [5.41, 5.74) is 4.46. The molecule has 0 fully saturated rings. The molecule has 1 aromatic carbocycles. The van der Waals surface area contributed by atoms with Crippen molar-refractivity contribution in [2.24, 2.45) is 7.05 Å². The normalized spacial score (nSPS) is 11.1. The second kappa shape index (κ2) is 5.87. The van der Waals surface area contributed by atoms with E-state index in [0.29, 0.717) is 17.9 Å². The first-order chi connectivity index (χ1) is 11.0. The standard InChI is InChI=1S/C17H21N5O/c1-5-13-12(10-21(4)20-13)16(23)19-17-18-14-9-11(3)7-8-15(14)22(17)6-2/h7-10H,5-6H2,1-4H3,(H,18,19,23). The van der Waals surface area contributed by atoms with Crippen molar-refractivity contribution < 1.29 is 4.79 Å². The molecule has 0 spiro atoms. The molecule has 1 amide bonds. The van der Waals surface area contributed by atoms with E-state index in [1.54, 1.807) is 10.9 Å². The number of fused-ring (bicyclic) bond motifs is 1. The molecule has 0 bridgehead atoms. The first-order valence-corrected chi connectivity index (χ1v) is 7.84. The number of carbonyl (C=O) groups excluding carboxylic acids is 1. The smallest absolute Gasteiger partial charge is 0.261 e. The minimum atomic E-state index is -0.170. The quantitative estimate of drug-likeness (QED) is 0.805. The predicted molar refractivity (Wildman–Crippen MR) is 90.7 cm³/mol. The van der Waals surface area contributed by atoms with Crippen molar-refractivity contribution >= 4 is 22.9 Å². The molecule has 0 aliphatic carbocycles. The molecule has 0 aliphatic rings. The summed E-state index contributed by atoms with van der Waals surface area (Å²) in [6.07, 6.45) is 2.46. The van der Waals surface area contributed by atoms with Crippen molar-refractivity contribution in [3.63, 3.8) is 0 Å². The summed E-state index contributed by atoms with van der Waals surface area (Å²) in [4.78, 5) is 17.2. The summed E-state index contributed by atoms with van der Waals surface area (Å²) < 4.78 is 3.68. The second-order valence-electron chi connectivity index (χ2n) is 5.64. The zero-order valence-electron chi connectivity index (χ0n) is 13.9. The van der Waals surface area contributed by atoms with Gasteiger partial charge in [0.1, 0.15) is 0 Å². The molecule has 120 valence electrons. The van der Waals surface area contributed by atoms with Crippen LogP contribution in [0, 0.1) is 6.92 Å². The number of benzene rings is 1. The van der Waals surface area contributed by atoms with E-state index in [4.69, 9.17) is 0 Å². The molecule has 0 saturated carbocycles. The van der Waals surface area contributed by atoms with Crippen LogP contribution in [0.5, 0.6) is 0 Å². The number of aryl methyl sites for hydroxylation is 4. The van der Waals surface area contributed by atoms with Gasteiger partial charge in [0, 0.05) is 19.8 Å². The van der Waals surface area contributed by atoms with E-state index in [9.17, 15) is 4.79 Å². The van der Waals surface area contributed by atoms with Gasteiger partial charge in [0.05, 0.1) is 22.3 Å². The van der Waals surface area contributed by atoms with Gasteiger partial charge >= 0.3 is 0 Å². The lowest BCUT2D eigenvalue weighted by atomic mass is 10.2. The lowest BCUT2D eigenvalue weighted by Gasteiger charge is -2.07. The van der Waals surface area contributed by atoms with Gasteiger partial charge in [-0.15, -0.1) is 0 Å². The summed E-state index contributed by atoms with van der Waals surface area (Å²) in [6, 6.07) is 6.12. The molecule has 2 aromatic heterocycles. The molecule has 0 atom stereocenters. The van der Waals surface area contributed by atoms with Crippen LogP contribution in [-0.4, -0.2) is 25.2 Å². The van der Waals surface area contributed by atoms with Gasteiger partial charge in [-0.25, -0.2) is 4.98 Å². The molecular formula is C17H21N5O. The topological polar surface area (TPSA) is 64.7 Å². The number of nitrogens with one attached hydrogen (secondary N) is 1. The van der Waals surface area contributed by atoms with Crippen LogP contribution in [-0.2, 0) is 20.0 Å². The molecule has 6 nitrogen and oxygen atoms in total. The van der Waals surface area contributed by atoms with E-state index in [0.717, 1.165) is 28.8 Å². The minimum Gasteiger partial charge on any atom is -0.310 e. The Kier molecular flexibility index (Phi) is 3.90. The van der Waals surface area contributed by atoms with Crippen molar-refractivity contribution in [1.82, 2.24) is 19.3 Å². The van der Waals surface area contributed by atoms with Gasteiger partial charge in [-0.05, 0) is 38.0 Å². The number of amides is 1. The number of nitrogens with zero attached hydrogens (tertiary/aromatic N) is 4. The Balaban J connectivity index is 1.99. The highest BCUT2D eigenvalue weighted by Gasteiger charge is 2.18. The number of rotatable bonds is 4. The summed E-state index contributed by atoms with van der Waals surface area (Å²) in [7, 11) is 1.82.